The van der Waals surface area contributed by atoms with Crippen LogP contribution in [0.5, 0.6) is 0 Å². The molecule has 2 N–H and O–H groups in total. The molecular formula is C16H18N2O2S. The van der Waals surface area contributed by atoms with Crippen molar-refractivity contribution >= 4 is 23.5 Å². The molecule has 1 amide bonds. The molecule has 0 fully saturated rings. The van der Waals surface area contributed by atoms with Gasteiger partial charge in [-0.05, 0) is 36.8 Å². The highest BCUT2D eigenvalue weighted by atomic mass is 32.2. The number of nitrogens with zero attached hydrogens (tertiary/aromatic N) is 1. The Labute approximate surface area is 128 Å². The Morgan fingerprint density at radius 1 is 1.29 bits per heavy atom. The molecule has 0 saturated carbocycles. The van der Waals surface area contributed by atoms with Crippen LogP contribution in [0.15, 0.2) is 42.6 Å². The number of aromatic nitrogens is 1. The Bertz CT molecular complexity index is 599. The molecule has 0 atom stereocenters. The summed E-state index contributed by atoms with van der Waals surface area (Å²) in [6.45, 7) is 2.16. The van der Waals surface area contributed by atoms with Gasteiger partial charge in [0.15, 0.2) is 0 Å². The minimum atomic E-state index is -0.164. The van der Waals surface area contributed by atoms with E-state index in [0.717, 1.165) is 16.9 Å². The smallest absolute Gasteiger partial charge is 0.256 e. The van der Waals surface area contributed by atoms with Crippen molar-refractivity contribution in [3.8, 4) is 0 Å². The van der Waals surface area contributed by atoms with Gasteiger partial charge < -0.3 is 10.4 Å². The van der Waals surface area contributed by atoms with E-state index in [-0.39, 0.29) is 12.5 Å². The molecule has 0 radical (unpaired) electrons. The van der Waals surface area contributed by atoms with Gasteiger partial charge in [0, 0.05) is 23.3 Å². The number of carbonyl (C=O) groups is 1. The molecule has 1 aromatic carbocycles. The first-order valence-electron chi connectivity index (χ1n) is 6.70. The largest absolute Gasteiger partial charge is 0.396 e. The topological polar surface area (TPSA) is 62.2 Å². The van der Waals surface area contributed by atoms with E-state index >= 15 is 0 Å². The predicted molar refractivity (Wildman–Crippen MR) is 86.6 cm³/mol. The van der Waals surface area contributed by atoms with Gasteiger partial charge >= 0.3 is 0 Å². The van der Waals surface area contributed by atoms with Gasteiger partial charge in [0.2, 0.25) is 0 Å². The van der Waals surface area contributed by atoms with Gasteiger partial charge in [-0.3, -0.25) is 4.79 Å². The molecule has 1 aromatic heterocycles. The van der Waals surface area contributed by atoms with Crippen molar-refractivity contribution < 1.29 is 9.90 Å². The number of thioether (sulfide) groups is 1. The highest BCUT2D eigenvalue weighted by Gasteiger charge is 2.06. The third kappa shape index (κ3) is 4.88. The van der Waals surface area contributed by atoms with E-state index in [4.69, 9.17) is 5.11 Å². The standard InChI is InChI=1S/C16H18N2O2S/c1-12-2-4-14(5-3-12)16(20)18-15-10-13(6-7-17-15)11-21-9-8-19/h2-7,10,19H,8-9,11H2,1H3,(H,17,18,20). The van der Waals surface area contributed by atoms with E-state index in [1.54, 1.807) is 30.1 Å². The molecule has 0 bridgehead atoms. The van der Waals surface area contributed by atoms with Crippen LogP contribution in [-0.2, 0) is 5.75 Å². The van der Waals surface area contributed by atoms with E-state index < -0.39 is 0 Å². The van der Waals surface area contributed by atoms with Crippen LogP contribution in [-0.4, -0.2) is 28.4 Å². The van der Waals surface area contributed by atoms with Crippen LogP contribution in [0.1, 0.15) is 21.5 Å². The number of hydrogen-bond acceptors (Lipinski definition) is 4. The third-order valence-electron chi connectivity index (χ3n) is 2.88. The third-order valence-corrected chi connectivity index (χ3v) is 3.89. The summed E-state index contributed by atoms with van der Waals surface area (Å²) in [7, 11) is 0. The lowest BCUT2D eigenvalue weighted by molar-refractivity contribution is 0.102. The average Bonchev–Trinajstić information content (AvgIpc) is 2.48. The first kappa shape index (κ1) is 15.5. The highest BCUT2D eigenvalue weighted by Crippen LogP contribution is 2.15. The Morgan fingerprint density at radius 3 is 2.76 bits per heavy atom. The maximum Gasteiger partial charge on any atom is 0.256 e. The van der Waals surface area contributed by atoms with Gasteiger partial charge in [0.1, 0.15) is 5.82 Å². The van der Waals surface area contributed by atoms with Crippen molar-refractivity contribution in [1.29, 1.82) is 0 Å². The molecule has 110 valence electrons. The van der Waals surface area contributed by atoms with Crippen LogP contribution >= 0.6 is 11.8 Å². The fourth-order valence-electron chi connectivity index (χ4n) is 1.78. The molecule has 4 nitrogen and oxygen atoms in total. The van der Waals surface area contributed by atoms with Crippen molar-refractivity contribution in [1.82, 2.24) is 4.98 Å². The summed E-state index contributed by atoms with van der Waals surface area (Å²) in [6, 6.07) is 11.2. The van der Waals surface area contributed by atoms with Crippen molar-refractivity contribution in [3.63, 3.8) is 0 Å². The highest BCUT2D eigenvalue weighted by molar-refractivity contribution is 7.98. The molecule has 1 heterocycles. The van der Waals surface area contributed by atoms with Crippen LogP contribution in [0, 0.1) is 6.92 Å². The number of aliphatic hydroxyl groups excluding tert-OH is 1. The van der Waals surface area contributed by atoms with Gasteiger partial charge in [-0.2, -0.15) is 11.8 Å². The lowest BCUT2D eigenvalue weighted by atomic mass is 10.1. The zero-order valence-electron chi connectivity index (χ0n) is 11.9. The van der Waals surface area contributed by atoms with Crippen LogP contribution in [0.3, 0.4) is 0 Å². The number of benzene rings is 1. The number of pyridine rings is 1. The monoisotopic (exact) mass is 302 g/mol. The summed E-state index contributed by atoms with van der Waals surface area (Å²) in [5, 5.41) is 11.6. The maximum atomic E-state index is 12.1. The molecule has 0 aliphatic heterocycles. The molecule has 0 saturated heterocycles. The molecule has 5 heteroatoms. The fraction of sp³-hybridized carbons (Fsp3) is 0.250. The first-order chi connectivity index (χ1) is 10.2. The van der Waals surface area contributed by atoms with E-state index in [1.165, 1.54) is 0 Å². The maximum absolute atomic E-state index is 12.1. The number of hydrogen-bond donors (Lipinski definition) is 2. The quantitative estimate of drug-likeness (QED) is 0.806. The van der Waals surface area contributed by atoms with Gasteiger partial charge in [0.25, 0.3) is 5.91 Å². The molecule has 0 aliphatic carbocycles. The number of aliphatic hydroxyl groups is 1. The summed E-state index contributed by atoms with van der Waals surface area (Å²) in [5.74, 6) is 1.87. The number of aryl methyl sites for hydroxylation is 1. The van der Waals surface area contributed by atoms with Crippen molar-refractivity contribution in [2.24, 2.45) is 0 Å². The number of rotatable bonds is 6. The van der Waals surface area contributed by atoms with Gasteiger partial charge in [-0.15, -0.1) is 0 Å². The van der Waals surface area contributed by atoms with Crippen LogP contribution in [0.4, 0.5) is 5.82 Å². The Balaban J connectivity index is 2.00. The summed E-state index contributed by atoms with van der Waals surface area (Å²) in [4.78, 5) is 16.3. The molecule has 0 aliphatic rings. The first-order valence-corrected chi connectivity index (χ1v) is 7.86. The second-order valence-corrected chi connectivity index (χ2v) is 5.75. The fourth-order valence-corrected chi connectivity index (χ4v) is 2.47. The lowest BCUT2D eigenvalue weighted by Crippen LogP contribution is -2.13. The van der Waals surface area contributed by atoms with E-state index in [0.29, 0.717) is 17.1 Å². The minimum absolute atomic E-state index is 0.164. The SMILES string of the molecule is Cc1ccc(C(=O)Nc2cc(CSCCO)ccn2)cc1. The van der Waals surface area contributed by atoms with Crippen LogP contribution in [0.25, 0.3) is 0 Å². The Hall–Kier alpha value is -1.85. The minimum Gasteiger partial charge on any atom is -0.396 e. The van der Waals surface area contributed by atoms with E-state index in [9.17, 15) is 4.79 Å². The van der Waals surface area contributed by atoms with Crippen molar-refractivity contribution in [2.45, 2.75) is 12.7 Å². The average molecular weight is 302 g/mol. The summed E-state index contributed by atoms with van der Waals surface area (Å²) in [5.41, 5.74) is 2.80. The summed E-state index contributed by atoms with van der Waals surface area (Å²) >= 11 is 1.64. The number of carbonyl (C=O) groups excluding carboxylic acids is 1. The molecule has 21 heavy (non-hydrogen) atoms. The van der Waals surface area contributed by atoms with Crippen LogP contribution in [0.2, 0.25) is 0 Å². The van der Waals surface area contributed by atoms with E-state index in [1.807, 2.05) is 31.2 Å². The number of amides is 1. The Kier molecular flexibility index (Phi) is 5.78. The molecule has 2 aromatic rings. The molecular weight excluding hydrogens is 284 g/mol. The van der Waals surface area contributed by atoms with Crippen molar-refractivity contribution in [3.05, 3.63) is 59.3 Å². The molecule has 2 rings (SSSR count). The molecule has 0 spiro atoms. The van der Waals surface area contributed by atoms with Gasteiger partial charge in [-0.1, -0.05) is 17.7 Å². The normalized spacial score (nSPS) is 10.4. The second kappa shape index (κ2) is 7.81. The van der Waals surface area contributed by atoms with Gasteiger partial charge in [-0.25, -0.2) is 4.98 Å². The van der Waals surface area contributed by atoms with Crippen molar-refractivity contribution in [2.75, 3.05) is 17.7 Å². The molecule has 0 unspecified atom stereocenters. The zero-order valence-corrected chi connectivity index (χ0v) is 12.7. The number of anilines is 1. The number of nitrogens with one attached hydrogen (secondary N) is 1. The summed E-state index contributed by atoms with van der Waals surface area (Å²) in [6.07, 6.45) is 1.68. The predicted octanol–water partition coefficient (Wildman–Crippen LogP) is 2.87. The summed E-state index contributed by atoms with van der Waals surface area (Å²) < 4.78 is 0. The lowest BCUT2D eigenvalue weighted by Gasteiger charge is -2.07. The van der Waals surface area contributed by atoms with E-state index in [2.05, 4.69) is 10.3 Å². The zero-order chi connectivity index (χ0) is 15.1. The van der Waals surface area contributed by atoms with Gasteiger partial charge in [0.05, 0.1) is 6.61 Å². The van der Waals surface area contributed by atoms with Crippen LogP contribution < -0.4 is 5.32 Å². The second-order valence-electron chi connectivity index (χ2n) is 4.65. The Morgan fingerprint density at radius 2 is 2.05 bits per heavy atom.